The molecule has 1 aromatic heterocycles. The highest BCUT2D eigenvalue weighted by atomic mass is 32.2. The molecule has 2 aromatic rings. The summed E-state index contributed by atoms with van der Waals surface area (Å²) in [7, 11) is -1.80. The summed E-state index contributed by atoms with van der Waals surface area (Å²) >= 11 is 1.33. The van der Waals surface area contributed by atoms with Gasteiger partial charge in [0.2, 0.25) is 10.0 Å². The lowest BCUT2D eigenvalue weighted by Gasteiger charge is -2.28. The van der Waals surface area contributed by atoms with Gasteiger partial charge in [-0.3, -0.25) is 4.79 Å². The van der Waals surface area contributed by atoms with Crippen molar-refractivity contribution in [2.24, 2.45) is 0 Å². The molecule has 0 saturated heterocycles. The number of thiophene rings is 1. The molecule has 0 unspecified atom stereocenters. The molecule has 1 amide bonds. The lowest BCUT2D eigenvalue weighted by molar-refractivity contribution is 0.0960. The van der Waals surface area contributed by atoms with Crippen LogP contribution in [-0.4, -0.2) is 44.6 Å². The van der Waals surface area contributed by atoms with Crippen LogP contribution in [0.1, 0.15) is 20.8 Å². The normalized spacial score (nSPS) is 14.8. The molecule has 0 atom stereocenters. The summed E-state index contributed by atoms with van der Waals surface area (Å²) in [5, 5.41) is 4.47. The summed E-state index contributed by atoms with van der Waals surface area (Å²) in [6, 6.07) is 9.21. The van der Waals surface area contributed by atoms with E-state index >= 15 is 0 Å². The number of rotatable bonds is 6. The van der Waals surface area contributed by atoms with Crippen molar-refractivity contribution < 1.29 is 17.9 Å². The predicted octanol–water partition coefficient (Wildman–Crippen LogP) is 1.87. The monoisotopic (exact) mass is 380 g/mol. The standard InChI is InChI=1S/C17H20N2O4S2/c1-23-15-5-4-14-12-19(8-6-13(14)11-15)25(21,22)10-7-18-17(20)16-3-2-9-24-16/h2-5,9,11H,6-8,10,12H2,1H3,(H,18,20). The molecular formula is C17H20N2O4S2. The number of nitrogens with one attached hydrogen (secondary N) is 1. The lowest BCUT2D eigenvalue weighted by Crippen LogP contribution is -2.40. The van der Waals surface area contributed by atoms with Gasteiger partial charge in [-0.25, -0.2) is 8.42 Å². The highest BCUT2D eigenvalue weighted by Crippen LogP contribution is 2.25. The second-order valence-electron chi connectivity index (χ2n) is 5.77. The number of sulfonamides is 1. The molecule has 0 saturated carbocycles. The third-order valence-corrected chi connectivity index (χ3v) is 6.86. The molecule has 6 nitrogen and oxygen atoms in total. The van der Waals surface area contributed by atoms with Crippen LogP contribution >= 0.6 is 11.3 Å². The first kappa shape index (κ1) is 17.9. The minimum Gasteiger partial charge on any atom is -0.497 e. The number of carbonyl (C=O) groups excluding carboxylic acids is 1. The largest absolute Gasteiger partial charge is 0.497 e. The van der Waals surface area contributed by atoms with E-state index in [9.17, 15) is 13.2 Å². The van der Waals surface area contributed by atoms with Crippen molar-refractivity contribution >= 4 is 27.3 Å². The van der Waals surface area contributed by atoms with Gasteiger partial charge in [-0.1, -0.05) is 12.1 Å². The third kappa shape index (κ3) is 4.20. The Bertz CT molecular complexity index is 848. The molecule has 25 heavy (non-hydrogen) atoms. The van der Waals surface area contributed by atoms with Crippen molar-refractivity contribution in [3.8, 4) is 5.75 Å². The van der Waals surface area contributed by atoms with Crippen molar-refractivity contribution in [1.82, 2.24) is 9.62 Å². The molecule has 1 aliphatic rings. The first-order valence-corrected chi connectivity index (χ1v) is 10.4. The van der Waals surface area contributed by atoms with E-state index in [0.717, 1.165) is 16.9 Å². The van der Waals surface area contributed by atoms with Crippen molar-refractivity contribution in [2.75, 3.05) is 26.0 Å². The van der Waals surface area contributed by atoms with Crippen LogP contribution in [0.2, 0.25) is 0 Å². The fourth-order valence-corrected chi connectivity index (χ4v) is 4.75. The number of methoxy groups -OCH3 is 1. The molecule has 0 fully saturated rings. The van der Waals surface area contributed by atoms with E-state index in [1.165, 1.54) is 15.6 Å². The molecule has 3 rings (SSSR count). The molecule has 2 heterocycles. The summed E-state index contributed by atoms with van der Waals surface area (Å²) in [5.41, 5.74) is 2.12. The molecule has 0 radical (unpaired) electrons. The van der Waals surface area contributed by atoms with Crippen molar-refractivity contribution in [1.29, 1.82) is 0 Å². The average Bonchev–Trinajstić information content (AvgIpc) is 3.15. The van der Waals surface area contributed by atoms with Crippen LogP contribution in [0.4, 0.5) is 0 Å². The predicted molar refractivity (Wildman–Crippen MR) is 97.5 cm³/mol. The van der Waals surface area contributed by atoms with Gasteiger partial charge in [0.15, 0.2) is 0 Å². The quantitative estimate of drug-likeness (QED) is 0.830. The van der Waals surface area contributed by atoms with Gasteiger partial charge in [-0.2, -0.15) is 4.31 Å². The molecule has 1 aromatic carbocycles. The maximum absolute atomic E-state index is 12.5. The Morgan fingerprint density at radius 1 is 1.32 bits per heavy atom. The zero-order valence-corrected chi connectivity index (χ0v) is 15.5. The highest BCUT2D eigenvalue weighted by Gasteiger charge is 2.26. The summed E-state index contributed by atoms with van der Waals surface area (Å²) in [5.74, 6) is 0.447. The SMILES string of the molecule is COc1ccc2c(c1)CCN(S(=O)(=O)CCNC(=O)c1cccs1)C2. The Balaban J connectivity index is 1.58. The number of carbonyl (C=O) groups is 1. The Hall–Kier alpha value is -1.90. The van der Waals surface area contributed by atoms with E-state index in [-0.39, 0.29) is 18.2 Å². The second kappa shape index (κ2) is 7.55. The fraction of sp³-hybridized carbons (Fsp3) is 0.353. The smallest absolute Gasteiger partial charge is 0.261 e. The van der Waals surface area contributed by atoms with E-state index in [1.54, 1.807) is 19.2 Å². The van der Waals surface area contributed by atoms with E-state index in [1.807, 2.05) is 23.6 Å². The first-order valence-electron chi connectivity index (χ1n) is 7.95. The van der Waals surface area contributed by atoms with E-state index < -0.39 is 10.0 Å². The van der Waals surface area contributed by atoms with E-state index in [4.69, 9.17) is 4.74 Å². The number of amides is 1. The summed E-state index contributed by atoms with van der Waals surface area (Å²) < 4.78 is 31.8. The molecule has 1 aliphatic heterocycles. The summed E-state index contributed by atoms with van der Waals surface area (Å²) in [6.45, 7) is 0.910. The maximum atomic E-state index is 12.5. The van der Waals surface area contributed by atoms with Crippen LogP contribution in [0.15, 0.2) is 35.7 Å². The van der Waals surface area contributed by atoms with Crippen LogP contribution in [0.5, 0.6) is 5.75 Å². The maximum Gasteiger partial charge on any atom is 0.261 e. The van der Waals surface area contributed by atoms with Gasteiger partial charge in [0.1, 0.15) is 5.75 Å². The molecule has 8 heteroatoms. The topological polar surface area (TPSA) is 75.7 Å². The van der Waals surface area contributed by atoms with Crippen LogP contribution in [0, 0.1) is 0 Å². The zero-order chi connectivity index (χ0) is 17.9. The fourth-order valence-electron chi connectivity index (χ4n) is 2.79. The third-order valence-electron chi connectivity index (χ3n) is 4.17. The van der Waals surface area contributed by atoms with Gasteiger partial charge in [0, 0.05) is 19.6 Å². The molecule has 0 aliphatic carbocycles. The highest BCUT2D eigenvalue weighted by molar-refractivity contribution is 7.89. The van der Waals surface area contributed by atoms with Gasteiger partial charge in [0.25, 0.3) is 5.91 Å². The van der Waals surface area contributed by atoms with Gasteiger partial charge in [-0.05, 0) is 41.1 Å². The minimum atomic E-state index is -3.42. The summed E-state index contributed by atoms with van der Waals surface area (Å²) in [4.78, 5) is 12.5. The first-order chi connectivity index (χ1) is 12.0. The van der Waals surface area contributed by atoms with Crippen LogP contribution in [0.25, 0.3) is 0 Å². The lowest BCUT2D eigenvalue weighted by atomic mass is 10.0. The molecular weight excluding hydrogens is 360 g/mol. The number of benzene rings is 1. The minimum absolute atomic E-state index is 0.102. The number of hydrogen-bond acceptors (Lipinski definition) is 5. The van der Waals surface area contributed by atoms with Crippen molar-refractivity contribution in [3.05, 3.63) is 51.7 Å². The Morgan fingerprint density at radius 3 is 2.88 bits per heavy atom. The second-order valence-corrected chi connectivity index (χ2v) is 8.80. The summed E-state index contributed by atoms with van der Waals surface area (Å²) in [6.07, 6.45) is 0.660. The number of fused-ring (bicyclic) bond motifs is 1. The van der Waals surface area contributed by atoms with Gasteiger partial charge in [-0.15, -0.1) is 11.3 Å². The Kier molecular flexibility index (Phi) is 5.41. The van der Waals surface area contributed by atoms with Crippen LogP contribution in [0.3, 0.4) is 0 Å². The Labute approximate surface area is 151 Å². The van der Waals surface area contributed by atoms with Crippen LogP contribution < -0.4 is 10.1 Å². The van der Waals surface area contributed by atoms with Crippen molar-refractivity contribution in [3.63, 3.8) is 0 Å². The zero-order valence-electron chi connectivity index (χ0n) is 13.9. The number of ether oxygens (including phenoxy) is 1. The molecule has 0 bridgehead atoms. The number of hydrogen-bond donors (Lipinski definition) is 1. The average molecular weight is 380 g/mol. The molecule has 0 spiro atoms. The van der Waals surface area contributed by atoms with Crippen molar-refractivity contribution in [2.45, 2.75) is 13.0 Å². The van der Waals surface area contributed by atoms with Crippen LogP contribution in [-0.2, 0) is 23.0 Å². The van der Waals surface area contributed by atoms with Gasteiger partial charge < -0.3 is 10.1 Å². The van der Waals surface area contributed by atoms with Gasteiger partial charge >= 0.3 is 0 Å². The number of nitrogens with zero attached hydrogens (tertiary/aromatic N) is 1. The van der Waals surface area contributed by atoms with Gasteiger partial charge in [0.05, 0.1) is 17.7 Å². The Morgan fingerprint density at radius 2 is 2.16 bits per heavy atom. The van der Waals surface area contributed by atoms with E-state index in [2.05, 4.69) is 5.32 Å². The molecule has 134 valence electrons. The van der Waals surface area contributed by atoms with E-state index in [0.29, 0.717) is 24.4 Å². The molecule has 1 N–H and O–H groups in total.